The van der Waals surface area contributed by atoms with Gasteiger partial charge in [0.05, 0.1) is 0 Å². The highest BCUT2D eigenvalue weighted by molar-refractivity contribution is 6.30. The van der Waals surface area contributed by atoms with Crippen molar-refractivity contribution in [1.82, 2.24) is 10.3 Å². The lowest BCUT2D eigenvalue weighted by atomic mass is 10.1. The molecule has 118 valence electrons. The van der Waals surface area contributed by atoms with E-state index < -0.39 is 5.97 Å². The van der Waals surface area contributed by atoms with Gasteiger partial charge in [-0.05, 0) is 36.2 Å². The third-order valence-corrected chi connectivity index (χ3v) is 4.07. The molecule has 3 N–H and O–H groups in total. The fourth-order valence-electron chi connectivity index (χ4n) is 2.67. The largest absolute Gasteiger partial charge is 0.477 e. The lowest BCUT2D eigenvalue weighted by Gasteiger charge is -2.06. The summed E-state index contributed by atoms with van der Waals surface area (Å²) >= 11 is 5.87. The summed E-state index contributed by atoms with van der Waals surface area (Å²) < 4.78 is 0. The van der Waals surface area contributed by atoms with Crippen LogP contribution in [-0.4, -0.2) is 16.1 Å². The molecule has 0 atom stereocenters. The second-order valence-corrected chi connectivity index (χ2v) is 6.00. The van der Waals surface area contributed by atoms with E-state index in [2.05, 4.69) is 10.3 Å². The van der Waals surface area contributed by atoms with Gasteiger partial charge in [0.15, 0.2) is 0 Å². The van der Waals surface area contributed by atoms with Gasteiger partial charge in [-0.3, -0.25) is 0 Å². The number of aromatic nitrogens is 1. The van der Waals surface area contributed by atoms with Crippen molar-refractivity contribution in [3.63, 3.8) is 0 Å². The van der Waals surface area contributed by atoms with E-state index in [0.29, 0.717) is 18.1 Å². The highest BCUT2D eigenvalue weighted by Crippen LogP contribution is 2.24. The molecule has 0 saturated carbocycles. The molecule has 0 radical (unpaired) electrons. The first-order valence-corrected chi connectivity index (χ1v) is 7.72. The van der Waals surface area contributed by atoms with E-state index >= 15 is 0 Å². The zero-order valence-electron chi connectivity index (χ0n) is 12.7. The molecule has 5 heteroatoms. The van der Waals surface area contributed by atoms with Gasteiger partial charge in [-0.25, -0.2) is 4.79 Å². The SMILES string of the molecule is Cc1ccc2c(CNCc3ccc(Cl)cc3)c(C(=O)O)[nH]c2c1. The molecular formula is C18H17ClN2O2. The molecule has 0 amide bonds. The van der Waals surface area contributed by atoms with Crippen molar-refractivity contribution in [1.29, 1.82) is 0 Å². The fraction of sp³-hybridized carbons (Fsp3) is 0.167. The maximum Gasteiger partial charge on any atom is 0.352 e. The summed E-state index contributed by atoms with van der Waals surface area (Å²) in [4.78, 5) is 14.5. The maximum absolute atomic E-state index is 11.5. The van der Waals surface area contributed by atoms with Gasteiger partial charge in [-0.2, -0.15) is 0 Å². The average Bonchev–Trinajstić information content (AvgIpc) is 2.87. The third kappa shape index (κ3) is 3.38. The normalized spacial score (nSPS) is 11.0. The highest BCUT2D eigenvalue weighted by atomic mass is 35.5. The number of H-pyrrole nitrogens is 1. The quantitative estimate of drug-likeness (QED) is 0.660. The Morgan fingerprint density at radius 1 is 1.17 bits per heavy atom. The van der Waals surface area contributed by atoms with Gasteiger partial charge in [0.25, 0.3) is 0 Å². The summed E-state index contributed by atoms with van der Waals surface area (Å²) in [5.74, 6) is -0.942. The number of benzene rings is 2. The van der Waals surface area contributed by atoms with Crippen LogP contribution >= 0.6 is 11.6 Å². The standard InChI is InChI=1S/C18H17ClN2O2/c1-11-2-7-14-15(17(18(22)23)21-16(14)8-11)10-20-9-12-3-5-13(19)6-4-12/h2-8,20-21H,9-10H2,1H3,(H,22,23). The fourth-order valence-corrected chi connectivity index (χ4v) is 2.80. The van der Waals surface area contributed by atoms with E-state index in [1.165, 1.54) is 0 Å². The van der Waals surface area contributed by atoms with Crippen LogP contribution in [0.5, 0.6) is 0 Å². The van der Waals surface area contributed by atoms with E-state index in [9.17, 15) is 9.90 Å². The Morgan fingerprint density at radius 2 is 1.91 bits per heavy atom. The molecule has 0 aliphatic heterocycles. The lowest BCUT2D eigenvalue weighted by Crippen LogP contribution is -2.15. The van der Waals surface area contributed by atoms with Gasteiger partial charge < -0.3 is 15.4 Å². The highest BCUT2D eigenvalue weighted by Gasteiger charge is 2.16. The molecule has 0 aliphatic carbocycles. The van der Waals surface area contributed by atoms with E-state index in [4.69, 9.17) is 11.6 Å². The van der Waals surface area contributed by atoms with Gasteiger partial charge in [-0.15, -0.1) is 0 Å². The van der Waals surface area contributed by atoms with E-state index in [1.54, 1.807) is 0 Å². The van der Waals surface area contributed by atoms with Gasteiger partial charge in [0, 0.05) is 34.6 Å². The molecule has 0 bridgehead atoms. The molecule has 0 saturated heterocycles. The Kier molecular flexibility index (Phi) is 4.37. The predicted molar refractivity (Wildman–Crippen MR) is 92.0 cm³/mol. The van der Waals surface area contributed by atoms with Crippen LogP contribution in [0.25, 0.3) is 10.9 Å². The van der Waals surface area contributed by atoms with Crippen molar-refractivity contribution >= 4 is 28.5 Å². The number of hydrogen-bond acceptors (Lipinski definition) is 2. The van der Waals surface area contributed by atoms with Gasteiger partial charge >= 0.3 is 5.97 Å². The maximum atomic E-state index is 11.5. The van der Waals surface area contributed by atoms with Crippen molar-refractivity contribution < 1.29 is 9.90 Å². The van der Waals surface area contributed by atoms with Crippen LogP contribution in [0.1, 0.15) is 27.2 Å². The van der Waals surface area contributed by atoms with E-state index in [-0.39, 0.29) is 5.69 Å². The summed E-state index contributed by atoms with van der Waals surface area (Å²) in [6, 6.07) is 13.5. The van der Waals surface area contributed by atoms with Gasteiger partial charge in [-0.1, -0.05) is 35.9 Å². The number of aryl methyl sites for hydroxylation is 1. The minimum atomic E-state index is -0.942. The Balaban J connectivity index is 1.82. The van der Waals surface area contributed by atoms with Crippen LogP contribution in [-0.2, 0) is 13.1 Å². The molecule has 0 spiro atoms. The number of aromatic carboxylic acids is 1. The van der Waals surface area contributed by atoms with Crippen LogP contribution in [0.2, 0.25) is 5.02 Å². The molecule has 1 heterocycles. The molecular weight excluding hydrogens is 312 g/mol. The van der Waals surface area contributed by atoms with Crippen LogP contribution in [0.4, 0.5) is 0 Å². The van der Waals surface area contributed by atoms with Crippen molar-refractivity contribution in [2.24, 2.45) is 0 Å². The minimum absolute atomic E-state index is 0.245. The molecule has 2 aromatic carbocycles. The number of carbonyl (C=O) groups is 1. The van der Waals surface area contributed by atoms with Crippen molar-refractivity contribution in [2.75, 3.05) is 0 Å². The van der Waals surface area contributed by atoms with Crippen LogP contribution in [0.3, 0.4) is 0 Å². The van der Waals surface area contributed by atoms with Crippen molar-refractivity contribution in [2.45, 2.75) is 20.0 Å². The van der Waals surface area contributed by atoms with Crippen LogP contribution in [0.15, 0.2) is 42.5 Å². The molecule has 23 heavy (non-hydrogen) atoms. The number of rotatable bonds is 5. The smallest absolute Gasteiger partial charge is 0.352 e. The number of aromatic amines is 1. The van der Waals surface area contributed by atoms with Crippen molar-refractivity contribution in [3.05, 3.63) is 69.9 Å². The Bertz CT molecular complexity index is 853. The third-order valence-electron chi connectivity index (χ3n) is 3.82. The zero-order valence-corrected chi connectivity index (χ0v) is 13.4. The Hall–Kier alpha value is -2.30. The monoisotopic (exact) mass is 328 g/mol. The van der Waals surface area contributed by atoms with Crippen LogP contribution < -0.4 is 5.32 Å². The number of nitrogens with one attached hydrogen (secondary N) is 2. The number of halogens is 1. The van der Waals surface area contributed by atoms with Gasteiger partial charge in [0.2, 0.25) is 0 Å². The summed E-state index contributed by atoms with van der Waals surface area (Å²) in [6.07, 6.45) is 0. The topological polar surface area (TPSA) is 65.1 Å². The second kappa shape index (κ2) is 6.44. The molecule has 3 aromatic rings. The first-order chi connectivity index (χ1) is 11.0. The second-order valence-electron chi connectivity index (χ2n) is 5.56. The molecule has 0 aliphatic rings. The first kappa shape index (κ1) is 15.6. The molecule has 0 fully saturated rings. The first-order valence-electron chi connectivity index (χ1n) is 7.34. The predicted octanol–water partition coefficient (Wildman–Crippen LogP) is 4.12. The van der Waals surface area contributed by atoms with Crippen LogP contribution in [0, 0.1) is 6.92 Å². The molecule has 1 aromatic heterocycles. The average molecular weight is 329 g/mol. The molecule has 4 nitrogen and oxygen atoms in total. The summed E-state index contributed by atoms with van der Waals surface area (Å²) in [7, 11) is 0. The number of carboxylic acids is 1. The minimum Gasteiger partial charge on any atom is -0.477 e. The van der Waals surface area contributed by atoms with Gasteiger partial charge in [0.1, 0.15) is 5.69 Å². The molecule has 3 rings (SSSR count). The zero-order chi connectivity index (χ0) is 16.4. The lowest BCUT2D eigenvalue weighted by molar-refractivity contribution is 0.0690. The summed E-state index contributed by atoms with van der Waals surface area (Å²) in [6.45, 7) is 3.11. The number of fused-ring (bicyclic) bond motifs is 1. The summed E-state index contributed by atoms with van der Waals surface area (Å²) in [5, 5.41) is 14.4. The molecule has 0 unspecified atom stereocenters. The number of hydrogen-bond donors (Lipinski definition) is 3. The van der Waals surface area contributed by atoms with E-state index in [0.717, 1.165) is 27.6 Å². The Morgan fingerprint density at radius 3 is 2.61 bits per heavy atom. The number of carboxylic acid groups (broad SMARTS) is 1. The van der Waals surface area contributed by atoms with Crippen molar-refractivity contribution in [3.8, 4) is 0 Å². The van der Waals surface area contributed by atoms with E-state index in [1.807, 2.05) is 49.4 Å². The Labute approximate surface area is 139 Å². The summed E-state index contributed by atoms with van der Waals surface area (Å²) in [5.41, 5.74) is 4.07.